The number of halogens is 2. The van der Waals surface area contributed by atoms with Gasteiger partial charge in [0.1, 0.15) is 17.6 Å². The monoisotopic (exact) mass is 454 g/mol. The summed E-state index contributed by atoms with van der Waals surface area (Å²) in [7, 11) is 0. The number of nitrogens with one attached hydrogen (secondary N) is 1. The number of nitrogens with zero attached hydrogens (tertiary/aromatic N) is 5. The van der Waals surface area contributed by atoms with E-state index in [1.807, 2.05) is 6.07 Å². The van der Waals surface area contributed by atoms with Crippen LogP contribution in [0.5, 0.6) is 5.75 Å². The van der Waals surface area contributed by atoms with Gasteiger partial charge >= 0.3 is 0 Å². The molecular formula is C23H24F2N6O2. The molecule has 0 atom stereocenters. The van der Waals surface area contributed by atoms with Gasteiger partial charge in [-0.15, -0.1) is 0 Å². The van der Waals surface area contributed by atoms with Crippen molar-refractivity contribution in [2.75, 3.05) is 24.5 Å². The predicted molar refractivity (Wildman–Crippen MR) is 117 cm³/mol. The zero-order valence-corrected chi connectivity index (χ0v) is 18.2. The fourth-order valence-corrected chi connectivity index (χ4v) is 4.32. The summed E-state index contributed by atoms with van der Waals surface area (Å²) < 4.78 is 32.9. The van der Waals surface area contributed by atoms with Crippen LogP contribution in [0.25, 0.3) is 11.4 Å². The molecule has 1 aromatic carbocycles. The van der Waals surface area contributed by atoms with Crippen molar-refractivity contribution in [1.29, 1.82) is 0 Å². The molecule has 2 aliphatic heterocycles. The topological polar surface area (TPSA) is 87.2 Å². The Morgan fingerprint density at radius 2 is 1.94 bits per heavy atom. The maximum Gasteiger partial charge on any atom is 0.219 e. The molecule has 33 heavy (non-hydrogen) atoms. The first kappa shape index (κ1) is 21.3. The Labute approximate surface area is 189 Å². The van der Waals surface area contributed by atoms with E-state index in [-0.39, 0.29) is 17.8 Å². The van der Waals surface area contributed by atoms with Gasteiger partial charge in [-0.2, -0.15) is 5.10 Å². The van der Waals surface area contributed by atoms with Crippen LogP contribution in [0.15, 0.2) is 30.5 Å². The van der Waals surface area contributed by atoms with Gasteiger partial charge in [-0.1, -0.05) is 0 Å². The summed E-state index contributed by atoms with van der Waals surface area (Å²) in [6.45, 7) is 3.94. The summed E-state index contributed by atoms with van der Waals surface area (Å²) in [4.78, 5) is 25.6. The molecule has 8 nitrogen and oxygen atoms in total. The molecule has 2 aromatic heterocycles. The highest BCUT2D eigenvalue weighted by atomic mass is 19.1. The molecule has 0 spiro atoms. The second-order valence-corrected chi connectivity index (χ2v) is 8.33. The van der Waals surface area contributed by atoms with E-state index in [9.17, 15) is 13.6 Å². The second-order valence-electron chi connectivity index (χ2n) is 8.33. The summed E-state index contributed by atoms with van der Waals surface area (Å²) >= 11 is 0. The van der Waals surface area contributed by atoms with Crippen LogP contribution in [0.4, 0.5) is 14.6 Å². The Bertz CT molecular complexity index is 1160. The number of carbonyl (C=O) groups excluding carboxylic acids is 1. The third-order valence-corrected chi connectivity index (χ3v) is 6.12. The molecule has 1 saturated heterocycles. The number of aromatic nitrogens is 4. The van der Waals surface area contributed by atoms with Gasteiger partial charge in [0.2, 0.25) is 5.91 Å². The van der Waals surface area contributed by atoms with Crippen molar-refractivity contribution >= 4 is 11.7 Å². The van der Waals surface area contributed by atoms with E-state index in [2.05, 4.69) is 15.1 Å². The third-order valence-electron chi connectivity index (χ3n) is 6.12. The van der Waals surface area contributed by atoms with Gasteiger partial charge in [0.15, 0.2) is 17.4 Å². The Balaban J connectivity index is 1.36. The van der Waals surface area contributed by atoms with Gasteiger partial charge in [0, 0.05) is 58.1 Å². The van der Waals surface area contributed by atoms with E-state index in [4.69, 9.17) is 14.7 Å². The first-order valence-corrected chi connectivity index (χ1v) is 11.0. The standard InChI is InChI=1S/C23H24F2N6O2/c1-14(32)31-11-7-18-20(13-31)27-22(19-4-8-26-29-19)23(28-18)30-9-5-16(6-10-30)33-21-3-2-15(24)12-17(21)25/h2-4,8,12,16H,5-7,9-11,13H2,1H3,(H,26,29). The number of aromatic amines is 1. The van der Waals surface area contributed by atoms with Crippen LogP contribution >= 0.6 is 0 Å². The number of hydrogen-bond acceptors (Lipinski definition) is 6. The second kappa shape index (κ2) is 8.76. The van der Waals surface area contributed by atoms with Crippen LogP contribution in [-0.2, 0) is 17.8 Å². The molecule has 3 aromatic rings. The first-order valence-electron chi connectivity index (χ1n) is 11.0. The molecule has 10 heteroatoms. The fourth-order valence-electron chi connectivity index (χ4n) is 4.32. The first-order chi connectivity index (χ1) is 16.0. The molecule has 0 unspecified atom stereocenters. The van der Waals surface area contributed by atoms with Gasteiger partial charge in [-0.25, -0.2) is 18.7 Å². The lowest BCUT2D eigenvalue weighted by atomic mass is 10.1. The maximum atomic E-state index is 14.0. The van der Waals surface area contributed by atoms with Gasteiger partial charge < -0.3 is 14.5 Å². The van der Waals surface area contributed by atoms with Crippen LogP contribution < -0.4 is 9.64 Å². The summed E-state index contributed by atoms with van der Waals surface area (Å²) in [6, 6.07) is 5.20. The molecular weight excluding hydrogens is 430 g/mol. The molecule has 5 rings (SSSR count). The number of anilines is 1. The summed E-state index contributed by atoms with van der Waals surface area (Å²) in [6.07, 6.45) is 3.47. The minimum Gasteiger partial charge on any atom is -0.487 e. The number of rotatable bonds is 4. The molecule has 1 amide bonds. The van der Waals surface area contributed by atoms with Crippen molar-refractivity contribution < 1.29 is 18.3 Å². The molecule has 2 aliphatic rings. The summed E-state index contributed by atoms with van der Waals surface area (Å²) in [5, 5.41) is 7.02. The van der Waals surface area contributed by atoms with Gasteiger partial charge in [-0.3, -0.25) is 9.89 Å². The van der Waals surface area contributed by atoms with Gasteiger partial charge in [-0.05, 0) is 18.2 Å². The Kier molecular flexibility index (Phi) is 5.65. The highest BCUT2D eigenvalue weighted by Gasteiger charge is 2.29. The van der Waals surface area contributed by atoms with Crippen molar-refractivity contribution in [3.63, 3.8) is 0 Å². The predicted octanol–water partition coefficient (Wildman–Crippen LogP) is 3.10. The van der Waals surface area contributed by atoms with Crippen molar-refractivity contribution in [3.05, 3.63) is 53.5 Å². The zero-order valence-electron chi connectivity index (χ0n) is 18.2. The maximum absolute atomic E-state index is 14.0. The van der Waals surface area contributed by atoms with E-state index in [1.165, 1.54) is 12.1 Å². The van der Waals surface area contributed by atoms with Crippen LogP contribution in [0.2, 0.25) is 0 Å². The lowest BCUT2D eigenvalue weighted by molar-refractivity contribution is -0.129. The van der Waals surface area contributed by atoms with E-state index in [0.29, 0.717) is 51.1 Å². The average Bonchev–Trinajstić information content (AvgIpc) is 3.35. The fraction of sp³-hybridized carbons (Fsp3) is 0.391. The molecule has 172 valence electrons. The Morgan fingerprint density at radius 3 is 2.64 bits per heavy atom. The lowest BCUT2D eigenvalue weighted by Crippen LogP contribution is -2.40. The van der Waals surface area contributed by atoms with Gasteiger partial charge in [0.25, 0.3) is 0 Å². The van der Waals surface area contributed by atoms with E-state index in [0.717, 1.165) is 29.0 Å². The Hall–Kier alpha value is -3.56. The van der Waals surface area contributed by atoms with E-state index >= 15 is 0 Å². The number of ether oxygens (including phenoxy) is 1. The molecule has 4 heterocycles. The van der Waals surface area contributed by atoms with E-state index < -0.39 is 11.6 Å². The molecule has 1 fully saturated rings. The molecule has 0 bridgehead atoms. The van der Waals surface area contributed by atoms with Crippen LogP contribution in [0.1, 0.15) is 31.2 Å². The zero-order chi connectivity index (χ0) is 22.9. The highest BCUT2D eigenvalue weighted by molar-refractivity contribution is 5.74. The van der Waals surface area contributed by atoms with Crippen LogP contribution in [0.3, 0.4) is 0 Å². The van der Waals surface area contributed by atoms with Crippen molar-refractivity contribution in [3.8, 4) is 17.1 Å². The van der Waals surface area contributed by atoms with Crippen LogP contribution in [0, 0.1) is 11.6 Å². The molecule has 0 saturated carbocycles. The SMILES string of the molecule is CC(=O)N1CCc2nc(N3CCC(Oc4ccc(F)cc4F)CC3)c(-c3ccn[nH]3)nc2C1. The average molecular weight is 454 g/mol. The lowest BCUT2D eigenvalue weighted by Gasteiger charge is -2.35. The normalized spacial score (nSPS) is 16.6. The molecule has 1 N–H and O–H groups in total. The van der Waals surface area contributed by atoms with Crippen molar-refractivity contribution in [2.45, 2.75) is 38.8 Å². The largest absolute Gasteiger partial charge is 0.487 e. The highest BCUT2D eigenvalue weighted by Crippen LogP contribution is 2.32. The molecule has 0 aliphatic carbocycles. The number of H-pyrrole nitrogens is 1. The smallest absolute Gasteiger partial charge is 0.219 e. The molecule has 0 radical (unpaired) electrons. The number of fused-ring (bicyclic) bond motifs is 1. The quantitative estimate of drug-likeness (QED) is 0.652. The number of carbonyl (C=O) groups is 1. The van der Waals surface area contributed by atoms with E-state index in [1.54, 1.807) is 18.0 Å². The summed E-state index contributed by atoms with van der Waals surface area (Å²) in [5.74, 6) is -0.468. The Morgan fingerprint density at radius 1 is 1.12 bits per heavy atom. The van der Waals surface area contributed by atoms with Crippen molar-refractivity contribution in [1.82, 2.24) is 25.1 Å². The number of piperidine rings is 1. The minimum atomic E-state index is -0.695. The van der Waals surface area contributed by atoms with Crippen LogP contribution in [-0.4, -0.2) is 56.7 Å². The summed E-state index contributed by atoms with van der Waals surface area (Å²) in [5.41, 5.74) is 3.15. The number of benzene rings is 1. The minimum absolute atomic E-state index is 0.0225. The van der Waals surface area contributed by atoms with Crippen molar-refractivity contribution in [2.24, 2.45) is 0 Å². The number of amides is 1. The van der Waals surface area contributed by atoms with Gasteiger partial charge in [0.05, 0.1) is 23.6 Å². The number of hydrogen-bond donors (Lipinski definition) is 1. The third kappa shape index (κ3) is 4.37.